The highest BCUT2D eigenvalue weighted by molar-refractivity contribution is 7.88. The molecule has 0 unspecified atom stereocenters. The Morgan fingerprint density at radius 2 is 2.00 bits per heavy atom. The minimum absolute atomic E-state index is 0.0609. The van der Waals surface area contributed by atoms with Crippen LogP contribution in [-0.4, -0.2) is 26.0 Å². The summed E-state index contributed by atoms with van der Waals surface area (Å²) < 4.78 is 25.7. The SMILES string of the molecule is O=C(O)CCCNS(=O)(=O)Cc1ccccc1Cl. The highest BCUT2D eigenvalue weighted by Crippen LogP contribution is 2.17. The van der Waals surface area contributed by atoms with Crippen LogP contribution in [0.4, 0.5) is 0 Å². The lowest BCUT2D eigenvalue weighted by Gasteiger charge is -2.07. The number of carboxylic acid groups (broad SMARTS) is 1. The molecule has 0 fully saturated rings. The van der Waals surface area contributed by atoms with Crippen molar-refractivity contribution in [3.8, 4) is 0 Å². The summed E-state index contributed by atoms with van der Waals surface area (Å²) in [7, 11) is -3.48. The van der Waals surface area contributed by atoms with Gasteiger partial charge in [-0.1, -0.05) is 29.8 Å². The van der Waals surface area contributed by atoms with E-state index in [1.165, 1.54) is 0 Å². The average molecular weight is 292 g/mol. The van der Waals surface area contributed by atoms with E-state index >= 15 is 0 Å². The molecule has 0 bridgehead atoms. The lowest BCUT2D eigenvalue weighted by Crippen LogP contribution is -2.26. The maximum absolute atomic E-state index is 11.7. The third kappa shape index (κ3) is 5.48. The molecule has 2 N–H and O–H groups in total. The van der Waals surface area contributed by atoms with Crippen molar-refractivity contribution in [3.63, 3.8) is 0 Å². The Balaban J connectivity index is 2.50. The molecule has 0 spiro atoms. The molecule has 0 aliphatic carbocycles. The van der Waals surface area contributed by atoms with Crippen molar-refractivity contribution in [2.45, 2.75) is 18.6 Å². The molecule has 1 rings (SSSR count). The summed E-state index contributed by atoms with van der Waals surface area (Å²) >= 11 is 5.86. The summed E-state index contributed by atoms with van der Waals surface area (Å²) in [5.41, 5.74) is 0.518. The van der Waals surface area contributed by atoms with Gasteiger partial charge < -0.3 is 5.11 Å². The number of hydrogen-bond donors (Lipinski definition) is 2. The number of hydrogen-bond acceptors (Lipinski definition) is 3. The van der Waals surface area contributed by atoms with Crippen LogP contribution in [0, 0.1) is 0 Å². The highest BCUT2D eigenvalue weighted by atomic mass is 35.5. The number of benzene rings is 1. The highest BCUT2D eigenvalue weighted by Gasteiger charge is 2.13. The summed E-state index contributed by atoms with van der Waals surface area (Å²) in [5.74, 6) is -1.15. The summed E-state index contributed by atoms with van der Waals surface area (Å²) in [4.78, 5) is 10.3. The lowest BCUT2D eigenvalue weighted by atomic mass is 10.2. The van der Waals surface area contributed by atoms with Gasteiger partial charge in [0, 0.05) is 18.0 Å². The molecule has 5 nitrogen and oxygen atoms in total. The Kier molecular flexibility index (Phi) is 5.58. The van der Waals surface area contributed by atoms with Crippen LogP contribution >= 0.6 is 11.6 Å². The number of carbonyl (C=O) groups is 1. The minimum atomic E-state index is -3.48. The van der Waals surface area contributed by atoms with E-state index < -0.39 is 16.0 Å². The third-order valence-electron chi connectivity index (χ3n) is 2.19. The van der Waals surface area contributed by atoms with E-state index in [4.69, 9.17) is 16.7 Å². The van der Waals surface area contributed by atoms with Gasteiger partial charge >= 0.3 is 5.97 Å². The maximum Gasteiger partial charge on any atom is 0.303 e. The molecule has 0 aliphatic heterocycles. The zero-order chi connectivity index (χ0) is 13.6. The topological polar surface area (TPSA) is 83.5 Å². The van der Waals surface area contributed by atoms with Crippen molar-refractivity contribution < 1.29 is 18.3 Å². The van der Waals surface area contributed by atoms with Crippen molar-refractivity contribution in [1.29, 1.82) is 0 Å². The monoisotopic (exact) mass is 291 g/mol. The standard InChI is InChI=1S/C11H14ClNO4S/c12-10-5-2-1-4-9(10)8-18(16,17)13-7-3-6-11(14)15/h1-2,4-5,13H,3,6-8H2,(H,14,15). The third-order valence-corrected chi connectivity index (χ3v) is 3.90. The second-order valence-corrected chi connectivity index (χ2v) is 5.96. The fraction of sp³-hybridized carbons (Fsp3) is 0.364. The van der Waals surface area contributed by atoms with Crippen LogP contribution in [0.25, 0.3) is 0 Å². The molecule has 0 saturated heterocycles. The van der Waals surface area contributed by atoms with Gasteiger partial charge in [0.15, 0.2) is 0 Å². The molecule has 1 aromatic carbocycles. The predicted octanol–water partition coefficient (Wildman–Crippen LogP) is 1.62. The van der Waals surface area contributed by atoms with Crippen molar-refractivity contribution in [3.05, 3.63) is 34.9 Å². The Morgan fingerprint density at radius 3 is 2.61 bits per heavy atom. The van der Waals surface area contributed by atoms with E-state index in [0.29, 0.717) is 10.6 Å². The molecule has 0 radical (unpaired) electrons. The number of rotatable bonds is 7. The number of sulfonamides is 1. The fourth-order valence-electron chi connectivity index (χ4n) is 1.34. The summed E-state index contributed by atoms with van der Waals surface area (Å²) in [6.07, 6.45) is 0.200. The van der Waals surface area contributed by atoms with Gasteiger partial charge in [0.25, 0.3) is 0 Å². The van der Waals surface area contributed by atoms with Gasteiger partial charge in [0.1, 0.15) is 0 Å². The van der Waals surface area contributed by atoms with Crippen molar-refractivity contribution in [2.24, 2.45) is 0 Å². The quantitative estimate of drug-likeness (QED) is 0.748. The molecule has 1 aromatic rings. The molecule has 0 atom stereocenters. The molecular formula is C11H14ClNO4S. The van der Waals surface area contributed by atoms with Crippen LogP contribution in [-0.2, 0) is 20.6 Å². The van der Waals surface area contributed by atoms with E-state index in [0.717, 1.165) is 0 Å². The number of nitrogens with one attached hydrogen (secondary N) is 1. The predicted molar refractivity (Wildman–Crippen MR) is 68.9 cm³/mol. The summed E-state index contributed by atoms with van der Waals surface area (Å²) in [6.45, 7) is 0.110. The second kappa shape index (κ2) is 6.72. The maximum atomic E-state index is 11.7. The fourth-order valence-corrected chi connectivity index (χ4v) is 2.84. The van der Waals surface area contributed by atoms with Gasteiger partial charge in [-0.15, -0.1) is 0 Å². The minimum Gasteiger partial charge on any atom is -0.481 e. The number of carboxylic acids is 1. The molecule has 0 aromatic heterocycles. The number of aliphatic carboxylic acids is 1. The summed E-state index contributed by atoms with van der Waals surface area (Å²) in [6, 6.07) is 6.69. The summed E-state index contributed by atoms with van der Waals surface area (Å²) in [5, 5.41) is 8.82. The van der Waals surface area contributed by atoms with Gasteiger partial charge in [-0.3, -0.25) is 4.79 Å². The van der Waals surface area contributed by atoms with Gasteiger partial charge in [-0.05, 0) is 18.1 Å². The van der Waals surface area contributed by atoms with Crippen LogP contribution in [0.2, 0.25) is 5.02 Å². The van der Waals surface area contributed by atoms with Gasteiger partial charge in [0.2, 0.25) is 10.0 Å². The van der Waals surface area contributed by atoms with E-state index in [1.54, 1.807) is 24.3 Å². The van der Waals surface area contributed by atoms with Gasteiger partial charge in [0.05, 0.1) is 5.75 Å². The Labute approximate surface area is 111 Å². The van der Waals surface area contributed by atoms with Gasteiger partial charge in [-0.25, -0.2) is 13.1 Å². The first kappa shape index (κ1) is 14.9. The number of halogens is 1. The zero-order valence-corrected chi connectivity index (χ0v) is 11.2. The largest absolute Gasteiger partial charge is 0.481 e. The molecule has 0 saturated carbocycles. The van der Waals surface area contributed by atoms with Crippen LogP contribution in [0.5, 0.6) is 0 Å². The van der Waals surface area contributed by atoms with Crippen molar-refractivity contribution >= 4 is 27.6 Å². The second-order valence-electron chi connectivity index (χ2n) is 3.74. The van der Waals surface area contributed by atoms with Crippen LogP contribution in [0.1, 0.15) is 18.4 Å². The smallest absolute Gasteiger partial charge is 0.303 e. The van der Waals surface area contributed by atoms with Crippen molar-refractivity contribution in [2.75, 3.05) is 6.54 Å². The Morgan fingerprint density at radius 1 is 1.33 bits per heavy atom. The zero-order valence-electron chi connectivity index (χ0n) is 9.60. The normalized spacial score (nSPS) is 11.4. The van der Waals surface area contributed by atoms with Crippen LogP contribution in [0.15, 0.2) is 24.3 Å². The van der Waals surface area contributed by atoms with Crippen molar-refractivity contribution in [1.82, 2.24) is 4.72 Å². The van der Waals surface area contributed by atoms with Crippen LogP contribution in [0.3, 0.4) is 0 Å². The Hall–Kier alpha value is -1.11. The van der Waals surface area contributed by atoms with E-state index in [-0.39, 0.29) is 25.1 Å². The molecular weight excluding hydrogens is 278 g/mol. The average Bonchev–Trinajstić information content (AvgIpc) is 2.27. The lowest BCUT2D eigenvalue weighted by molar-refractivity contribution is -0.137. The van der Waals surface area contributed by atoms with E-state index in [2.05, 4.69) is 4.72 Å². The molecule has 100 valence electrons. The van der Waals surface area contributed by atoms with Crippen LogP contribution < -0.4 is 4.72 Å². The molecule has 0 aliphatic rings. The first-order valence-corrected chi connectivity index (χ1v) is 7.36. The molecule has 0 amide bonds. The molecule has 7 heteroatoms. The van der Waals surface area contributed by atoms with E-state index in [1.807, 2.05) is 0 Å². The molecule has 0 heterocycles. The van der Waals surface area contributed by atoms with Gasteiger partial charge in [-0.2, -0.15) is 0 Å². The van der Waals surface area contributed by atoms with E-state index in [9.17, 15) is 13.2 Å². The first-order valence-electron chi connectivity index (χ1n) is 5.33. The molecule has 18 heavy (non-hydrogen) atoms. The first-order chi connectivity index (χ1) is 8.41. The Bertz CT molecular complexity index is 516.